The summed E-state index contributed by atoms with van der Waals surface area (Å²) in [6.07, 6.45) is 0.690. The van der Waals surface area contributed by atoms with Crippen molar-refractivity contribution in [1.82, 2.24) is 4.72 Å². The second-order valence-electron chi connectivity index (χ2n) is 6.43. The first-order valence-corrected chi connectivity index (χ1v) is 8.68. The summed E-state index contributed by atoms with van der Waals surface area (Å²) in [6, 6.07) is 6.24. The van der Waals surface area contributed by atoms with Crippen LogP contribution in [-0.4, -0.2) is 33.1 Å². The van der Waals surface area contributed by atoms with E-state index in [1.54, 1.807) is 32.9 Å². The van der Waals surface area contributed by atoms with E-state index in [1.807, 2.05) is 0 Å². The third kappa shape index (κ3) is 4.53. The number of ether oxygens (including phenoxy) is 1. The number of hydrogen-bond donors (Lipinski definition) is 2. The van der Waals surface area contributed by atoms with Crippen molar-refractivity contribution < 1.29 is 17.9 Å². The minimum atomic E-state index is -3.62. The van der Waals surface area contributed by atoms with Crippen molar-refractivity contribution in [1.29, 1.82) is 0 Å². The van der Waals surface area contributed by atoms with Gasteiger partial charge in [-0.05, 0) is 45.4 Å². The second kappa shape index (κ2) is 6.36. The van der Waals surface area contributed by atoms with Crippen molar-refractivity contribution in [2.75, 3.05) is 18.5 Å². The highest BCUT2D eigenvalue weighted by Gasteiger charge is 2.25. The van der Waals surface area contributed by atoms with E-state index < -0.39 is 15.6 Å². The van der Waals surface area contributed by atoms with E-state index in [9.17, 15) is 13.2 Å². The lowest BCUT2D eigenvalue weighted by atomic mass is 10.1. The zero-order chi connectivity index (χ0) is 16.4. The van der Waals surface area contributed by atoms with Crippen LogP contribution in [0, 0.1) is 5.92 Å². The fourth-order valence-corrected chi connectivity index (χ4v) is 3.65. The van der Waals surface area contributed by atoms with Gasteiger partial charge in [0.2, 0.25) is 15.9 Å². The number of nitrogens with one attached hydrogen (secondary N) is 2. The van der Waals surface area contributed by atoms with Crippen LogP contribution in [0.15, 0.2) is 29.2 Å². The summed E-state index contributed by atoms with van der Waals surface area (Å²) in [5.41, 5.74) is -0.104. The summed E-state index contributed by atoms with van der Waals surface area (Å²) >= 11 is 0. The van der Waals surface area contributed by atoms with Crippen LogP contribution in [0.4, 0.5) is 5.69 Å². The smallest absolute Gasteiger partial charge is 0.241 e. The van der Waals surface area contributed by atoms with Gasteiger partial charge in [0.1, 0.15) is 0 Å². The molecule has 1 aliphatic heterocycles. The molecule has 1 aromatic rings. The highest BCUT2D eigenvalue weighted by Crippen LogP contribution is 2.20. The summed E-state index contributed by atoms with van der Waals surface area (Å²) in [6.45, 7) is 6.32. The Hall–Kier alpha value is -1.44. The molecule has 22 heavy (non-hydrogen) atoms. The number of hydrogen-bond acceptors (Lipinski definition) is 4. The van der Waals surface area contributed by atoms with Crippen LogP contribution in [0.5, 0.6) is 0 Å². The van der Waals surface area contributed by atoms with Gasteiger partial charge < -0.3 is 10.1 Å². The summed E-state index contributed by atoms with van der Waals surface area (Å²) in [7, 11) is -3.62. The molecule has 0 aliphatic carbocycles. The molecule has 2 N–H and O–H groups in total. The van der Waals surface area contributed by atoms with Gasteiger partial charge in [0.25, 0.3) is 0 Å². The van der Waals surface area contributed by atoms with E-state index in [-0.39, 0.29) is 16.7 Å². The summed E-state index contributed by atoms with van der Waals surface area (Å²) < 4.78 is 32.4. The quantitative estimate of drug-likeness (QED) is 0.882. The van der Waals surface area contributed by atoms with Crippen molar-refractivity contribution >= 4 is 21.6 Å². The standard InChI is InChI=1S/C15H22N2O4S/c1-15(2,3)17-22(19,20)13-6-4-5-12(9-13)16-14(18)11-7-8-21-10-11/h4-6,9,11,17H,7-8,10H2,1-3H3,(H,16,18)/t11-/m0/s1. The maximum Gasteiger partial charge on any atom is 0.241 e. The van der Waals surface area contributed by atoms with Crippen LogP contribution in [0.1, 0.15) is 27.2 Å². The minimum Gasteiger partial charge on any atom is -0.381 e. The van der Waals surface area contributed by atoms with E-state index in [0.29, 0.717) is 25.3 Å². The monoisotopic (exact) mass is 326 g/mol. The van der Waals surface area contributed by atoms with Crippen LogP contribution in [0.2, 0.25) is 0 Å². The van der Waals surface area contributed by atoms with Gasteiger partial charge in [-0.2, -0.15) is 0 Å². The number of benzene rings is 1. The lowest BCUT2D eigenvalue weighted by Gasteiger charge is -2.20. The molecule has 0 saturated carbocycles. The Morgan fingerprint density at radius 1 is 1.32 bits per heavy atom. The Kier molecular flexibility index (Phi) is 4.89. The molecule has 7 heteroatoms. The third-order valence-corrected chi connectivity index (χ3v) is 4.91. The Labute approximate surface area is 131 Å². The fraction of sp³-hybridized carbons (Fsp3) is 0.533. The van der Waals surface area contributed by atoms with E-state index in [4.69, 9.17) is 4.74 Å². The molecule has 2 rings (SSSR count). The first-order chi connectivity index (χ1) is 10.2. The number of carbonyl (C=O) groups excluding carboxylic acids is 1. The van der Waals surface area contributed by atoms with Crippen LogP contribution < -0.4 is 10.0 Å². The van der Waals surface area contributed by atoms with Crippen LogP contribution in [0.3, 0.4) is 0 Å². The van der Waals surface area contributed by atoms with Gasteiger partial charge >= 0.3 is 0 Å². The predicted octanol–water partition coefficient (Wildman–Crippen LogP) is 1.74. The van der Waals surface area contributed by atoms with E-state index >= 15 is 0 Å². The fourth-order valence-electron chi connectivity index (χ4n) is 2.19. The number of anilines is 1. The molecule has 0 unspecified atom stereocenters. The molecule has 1 fully saturated rings. The van der Waals surface area contributed by atoms with Gasteiger partial charge in [-0.3, -0.25) is 4.79 Å². The molecule has 1 aromatic carbocycles. The summed E-state index contributed by atoms with van der Waals surface area (Å²) in [5, 5.41) is 2.75. The van der Waals surface area contributed by atoms with Gasteiger partial charge in [-0.25, -0.2) is 13.1 Å². The molecular weight excluding hydrogens is 304 g/mol. The number of carbonyl (C=O) groups is 1. The molecule has 0 spiro atoms. The molecule has 1 aliphatic rings. The number of sulfonamides is 1. The lowest BCUT2D eigenvalue weighted by molar-refractivity contribution is -0.119. The maximum absolute atomic E-state index is 12.3. The Morgan fingerprint density at radius 3 is 2.64 bits per heavy atom. The number of rotatable bonds is 4. The van der Waals surface area contributed by atoms with Crippen molar-refractivity contribution in [3.8, 4) is 0 Å². The second-order valence-corrected chi connectivity index (χ2v) is 8.12. The van der Waals surface area contributed by atoms with Crippen LogP contribution in [0.25, 0.3) is 0 Å². The summed E-state index contributed by atoms with van der Waals surface area (Å²) in [4.78, 5) is 12.2. The highest BCUT2D eigenvalue weighted by molar-refractivity contribution is 7.89. The normalized spacial score (nSPS) is 19.1. The van der Waals surface area contributed by atoms with Gasteiger partial charge in [0.05, 0.1) is 17.4 Å². The van der Waals surface area contributed by atoms with E-state index in [2.05, 4.69) is 10.0 Å². The molecule has 0 bridgehead atoms. The molecule has 0 radical (unpaired) electrons. The molecule has 1 atom stereocenters. The Morgan fingerprint density at radius 2 is 2.05 bits per heavy atom. The topological polar surface area (TPSA) is 84.5 Å². The van der Waals surface area contributed by atoms with Gasteiger partial charge in [-0.1, -0.05) is 6.07 Å². The van der Waals surface area contributed by atoms with E-state index in [0.717, 1.165) is 0 Å². The first-order valence-electron chi connectivity index (χ1n) is 7.20. The zero-order valence-corrected chi connectivity index (χ0v) is 13.9. The van der Waals surface area contributed by atoms with Crippen molar-refractivity contribution in [2.45, 2.75) is 37.6 Å². The average Bonchev–Trinajstić information content (AvgIpc) is 2.90. The minimum absolute atomic E-state index is 0.128. The predicted molar refractivity (Wildman–Crippen MR) is 84.1 cm³/mol. The molecule has 1 saturated heterocycles. The SMILES string of the molecule is CC(C)(C)NS(=O)(=O)c1cccc(NC(=O)[C@H]2CCOC2)c1. The molecule has 0 aromatic heterocycles. The number of amides is 1. The van der Waals surface area contributed by atoms with Gasteiger partial charge in [-0.15, -0.1) is 0 Å². The largest absolute Gasteiger partial charge is 0.381 e. The van der Waals surface area contributed by atoms with Gasteiger partial charge in [0, 0.05) is 17.8 Å². The third-order valence-electron chi connectivity index (χ3n) is 3.15. The van der Waals surface area contributed by atoms with Gasteiger partial charge in [0.15, 0.2) is 0 Å². The van der Waals surface area contributed by atoms with Crippen molar-refractivity contribution in [3.05, 3.63) is 24.3 Å². The average molecular weight is 326 g/mol. The van der Waals surface area contributed by atoms with E-state index in [1.165, 1.54) is 12.1 Å². The molecule has 122 valence electrons. The highest BCUT2D eigenvalue weighted by atomic mass is 32.2. The first kappa shape index (κ1) is 16.9. The Balaban J connectivity index is 2.14. The van der Waals surface area contributed by atoms with Crippen LogP contribution >= 0.6 is 0 Å². The molecule has 1 heterocycles. The maximum atomic E-state index is 12.3. The lowest BCUT2D eigenvalue weighted by Crippen LogP contribution is -2.40. The zero-order valence-electron chi connectivity index (χ0n) is 13.0. The molecule has 1 amide bonds. The molecular formula is C15H22N2O4S. The Bertz CT molecular complexity index is 644. The molecule has 6 nitrogen and oxygen atoms in total. The van der Waals surface area contributed by atoms with Crippen LogP contribution in [-0.2, 0) is 19.6 Å². The van der Waals surface area contributed by atoms with Crippen molar-refractivity contribution in [2.24, 2.45) is 5.92 Å². The summed E-state index contributed by atoms with van der Waals surface area (Å²) in [5.74, 6) is -0.316. The van der Waals surface area contributed by atoms with Crippen molar-refractivity contribution in [3.63, 3.8) is 0 Å².